The van der Waals surface area contributed by atoms with Crippen molar-refractivity contribution in [3.63, 3.8) is 0 Å². The molecular weight excluding hydrogens is 394 g/mol. The third kappa shape index (κ3) is 3.17. The Hall–Kier alpha value is -3.93. The highest BCUT2D eigenvalue weighted by atomic mass is 16.6. The maximum atomic E-state index is 11.5. The summed E-state index contributed by atoms with van der Waals surface area (Å²) in [6.45, 7) is 1.12. The van der Waals surface area contributed by atoms with E-state index in [-0.39, 0.29) is 0 Å². The predicted molar refractivity (Wildman–Crippen MR) is 118 cm³/mol. The number of aromatic nitrogens is 1. The molecule has 0 bridgehead atoms. The number of rotatable bonds is 5. The Morgan fingerprint density at radius 2 is 1.65 bits per heavy atom. The summed E-state index contributed by atoms with van der Waals surface area (Å²) in [4.78, 5) is 11.5. The molecule has 0 spiro atoms. The molecule has 3 aromatic carbocycles. The Balaban J connectivity index is 1.65. The minimum absolute atomic E-state index is 0.391. The van der Waals surface area contributed by atoms with Crippen LogP contribution in [0.15, 0.2) is 60.8 Å². The molecule has 0 aliphatic carbocycles. The molecule has 0 saturated heterocycles. The Labute approximate surface area is 179 Å². The van der Waals surface area contributed by atoms with E-state index in [0.717, 1.165) is 45.5 Å². The fourth-order valence-electron chi connectivity index (χ4n) is 4.04. The van der Waals surface area contributed by atoms with Crippen LogP contribution in [0, 0.1) is 0 Å². The average Bonchev–Trinajstić information content (AvgIpc) is 3.27. The standard InChI is InChI=1S/C25H21NO5/c1-28-23-13-17(14-24(29-2)20(23)15-27)26-9-8-19-18(4-3-5-21(19)26)16-6-7-22-25(12-16)31-11-10-30-22/h3-9,12-15H,10-11H2,1-2H3. The topological polar surface area (TPSA) is 58.9 Å². The lowest BCUT2D eigenvalue weighted by Crippen LogP contribution is -2.15. The van der Waals surface area contributed by atoms with Crippen molar-refractivity contribution < 1.29 is 23.7 Å². The van der Waals surface area contributed by atoms with Gasteiger partial charge in [-0.15, -0.1) is 0 Å². The molecule has 0 saturated carbocycles. The van der Waals surface area contributed by atoms with Gasteiger partial charge in [0.25, 0.3) is 0 Å². The molecule has 1 aliphatic rings. The molecule has 5 rings (SSSR count). The second kappa shape index (κ2) is 7.72. The van der Waals surface area contributed by atoms with Gasteiger partial charge in [0.05, 0.1) is 31.0 Å². The third-order valence-electron chi connectivity index (χ3n) is 5.51. The fraction of sp³-hybridized carbons (Fsp3) is 0.160. The molecule has 156 valence electrons. The summed E-state index contributed by atoms with van der Waals surface area (Å²) in [5.41, 5.74) is 4.40. The number of aldehydes is 1. The normalized spacial score (nSPS) is 12.6. The van der Waals surface area contributed by atoms with E-state index in [1.54, 1.807) is 14.2 Å². The predicted octanol–water partition coefficient (Wildman–Crippen LogP) is 4.90. The second-order valence-corrected chi connectivity index (χ2v) is 7.16. The summed E-state index contributed by atoms with van der Waals surface area (Å²) >= 11 is 0. The van der Waals surface area contributed by atoms with Gasteiger partial charge < -0.3 is 23.5 Å². The Bertz CT molecular complexity index is 1270. The largest absolute Gasteiger partial charge is 0.496 e. The van der Waals surface area contributed by atoms with Crippen molar-refractivity contribution in [1.82, 2.24) is 4.57 Å². The van der Waals surface area contributed by atoms with Crippen LogP contribution in [0.2, 0.25) is 0 Å². The van der Waals surface area contributed by atoms with E-state index in [1.165, 1.54) is 0 Å². The highest BCUT2D eigenvalue weighted by Gasteiger charge is 2.17. The molecule has 31 heavy (non-hydrogen) atoms. The summed E-state index contributed by atoms with van der Waals surface area (Å²) in [7, 11) is 3.08. The van der Waals surface area contributed by atoms with Crippen molar-refractivity contribution in [2.24, 2.45) is 0 Å². The van der Waals surface area contributed by atoms with Gasteiger partial charge in [-0.3, -0.25) is 4.79 Å². The first-order valence-corrected chi connectivity index (χ1v) is 9.95. The highest BCUT2D eigenvalue weighted by Crippen LogP contribution is 2.38. The number of benzene rings is 3. The Morgan fingerprint density at radius 1 is 0.903 bits per heavy atom. The number of fused-ring (bicyclic) bond motifs is 2. The Morgan fingerprint density at radius 3 is 2.35 bits per heavy atom. The maximum absolute atomic E-state index is 11.5. The van der Waals surface area contributed by atoms with Crippen molar-refractivity contribution in [3.8, 4) is 39.8 Å². The van der Waals surface area contributed by atoms with Crippen LogP contribution >= 0.6 is 0 Å². The molecular formula is C25H21NO5. The molecule has 0 fully saturated rings. The molecule has 0 amide bonds. The quantitative estimate of drug-likeness (QED) is 0.434. The number of hydrogen-bond donors (Lipinski definition) is 0. The van der Waals surface area contributed by atoms with Crippen LogP contribution in [0.4, 0.5) is 0 Å². The third-order valence-corrected chi connectivity index (χ3v) is 5.51. The van der Waals surface area contributed by atoms with Gasteiger partial charge in [-0.25, -0.2) is 0 Å². The second-order valence-electron chi connectivity index (χ2n) is 7.16. The van der Waals surface area contributed by atoms with E-state index in [4.69, 9.17) is 18.9 Å². The zero-order valence-corrected chi connectivity index (χ0v) is 17.3. The zero-order chi connectivity index (χ0) is 21.4. The molecule has 6 nitrogen and oxygen atoms in total. The average molecular weight is 415 g/mol. The molecule has 4 aromatic rings. The lowest BCUT2D eigenvalue weighted by molar-refractivity contribution is 0.111. The lowest BCUT2D eigenvalue weighted by atomic mass is 10.0. The van der Waals surface area contributed by atoms with Crippen LogP contribution in [-0.4, -0.2) is 38.3 Å². The van der Waals surface area contributed by atoms with Crippen molar-refractivity contribution >= 4 is 17.2 Å². The number of carbonyl (C=O) groups excluding carboxylic acids is 1. The first kappa shape index (κ1) is 19.1. The summed E-state index contributed by atoms with van der Waals surface area (Å²) in [6, 6.07) is 17.9. The van der Waals surface area contributed by atoms with Gasteiger partial charge in [-0.2, -0.15) is 0 Å². The minimum Gasteiger partial charge on any atom is -0.496 e. The number of ether oxygens (including phenoxy) is 4. The lowest BCUT2D eigenvalue weighted by Gasteiger charge is -2.19. The van der Waals surface area contributed by atoms with Gasteiger partial charge in [-0.1, -0.05) is 18.2 Å². The monoisotopic (exact) mass is 415 g/mol. The van der Waals surface area contributed by atoms with Crippen LogP contribution in [0.25, 0.3) is 27.7 Å². The summed E-state index contributed by atoms with van der Waals surface area (Å²) in [5.74, 6) is 2.47. The van der Waals surface area contributed by atoms with Gasteiger partial charge in [0.2, 0.25) is 0 Å². The van der Waals surface area contributed by atoms with Crippen molar-refractivity contribution in [2.45, 2.75) is 0 Å². The van der Waals surface area contributed by atoms with Gasteiger partial charge in [0, 0.05) is 23.7 Å². The first-order chi connectivity index (χ1) is 15.2. The van der Waals surface area contributed by atoms with Crippen LogP contribution in [0.3, 0.4) is 0 Å². The van der Waals surface area contributed by atoms with Gasteiger partial charge >= 0.3 is 0 Å². The van der Waals surface area contributed by atoms with E-state index in [2.05, 4.69) is 22.8 Å². The molecule has 6 heteroatoms. The summed E-state index contributed by atoms with van der Waals surface area (Å²) in [6.07, 6.45) is 2.75. The van der Waals surface area contributed by atoms with E-state index >= 15 is 0 Å². The number of carbonyl (C=O) groups is 1. The van der Waals surface area contributed by atoms with Gasteiger partial charge in [0.15, 0.2) is 17.8 Å². The van der Waals surface area contributed by atoms with E-state index in [1.807, 2.05) is 42.6 Å². The smallest absolute Gasteiger partial charge is 0.161 e. The molecule has 2 heterocycles. The molecule has 0 N–H and O–H groups in total. The van der Waals surface area contributed by atoms with Crippen LogP contribution < -0.4 is 18.9 Å². The SMILES string of the molecule is COc1cc(-n2ccc3c(-c4ccc5c(c4)OCCO5)cccc32)cc(OC)c1C=O. The fourth-order valence-corrected chi connectivity index (χ4v) is 4.04. The number of hydrogen-bond acceptors (Lipinski definition) is 5. The molecule has 0 radical (unpaired) electrons. The van der Waals surface area contributed by atoms with Crippen molar-refractivity contribution in [1.29, 1.82) is 0 Å². The van der Waals surface area contributed by atoms with Crippen LogP contribution in [0.5, 0.6) is 23.0 Å². The molecule has 1 aromatic heterocycles. The van der Waals surface area contributed by atoms with Crippen molar-refractivity contribution in [2.75, 3.05) is 27.4 Å². The van der Waals surface area contributed by atoms with E-state index in [9.17, 15) is 4.79 Å². The molecule has 0 atom stereocenters. The van der Waals surface area contributed by atoms with Crippen molar-refractivity contribution in [3.05, 3.63) is 66.4 Å². The summed E-state index contributed by atoms with van der Waals surface area (Å²) < 4.78 is 24.3. The van der Waals surface area contributed by atoms with E-state index in [0.29, 0.717) is 30.3 Å². The molecule has 1 aliphatic heterocycles. The number of methoxy groups -OCH3 is 2. The minimum atomic E-state index is 0.391. The molecule has 0 unspecified atom stereocenters. The maximum Gasteiger partial charge on any atom is 0.161 e. The highest BCUT2D eigenvalue weighted by molar-refractivity contribution is 5.97. The zero-order valence-electron chi connectivity index (χ0n) is 17.3. The van der Waals surface area contributed by atoms with Gasteiger partial charge in [0.1, 0.15) is 24.7 Å². The first-order valence-electron chi connectivity index (χ1n) is 9.95. The summed E-state index contributed by atoms with van der Waals surface area (Å²) in [5, 5.41) is 1.09. The van der Waals surface area contributed by atoms with Crippen LogP contribution in [0.1, 0.15) is 10.4 Å². The van der Waals surface area contributed by atoms with Crippen LogP contribution in [-0.2, 0) is 0 Å². The number of nitrogens with zero attached hydrogens (tertiary/aromatic N) is 1. The Kier molecular flexibility index (Phi) is 4.75. The van der Waals surface area contributed by atoms with E-state index < -0.39 is 0 Å². The van der Waals surface area contributed by atoms with Gasteiger partial charge in [-0.05, 0) is 35.4 Å².